The number of carbonyl (C=O) groups is 1. The van der Waals surface area contributed by atoms with Gasteiger partial charge in [-0.25, -0.2) is 9.78 Å². The van der Waals surface area contributed by atoms with Gasteiger partial charge in [0.15, 0.2) is 5.69 Å². The molecule has 1 aromatic heterocycles. The Balaban J connectivity index is 2.51. The van der Waals surface area contributed by atoms with Gasteiger partial charge in [0.1, 0.15) is 5.82 Å². The molecule has 16 heavy (non-hydrogen) atoms. The van der Waals surface area contributed by atoms with Crippen molar-refractivity contribution in [2.75, 3.05) is 0 Å². The number of carboxylic acid groups (broad SMARTS) is 1. The van der Waals surface area contributed by atoms with Crippen LogP contribution in [0.2, 0.25) is 0 Å². The van der Waals surface area contributed by atoms with Gasteiger partial charge in [0.2, 0.25) is 0 Å². The van der Waals surface area contributed by atoms with Crippen molar-refractivity contribution in [1.82, 2.24) is 9.55 Å². The van der Waals surface area contributed by atoms with E-state index in [0.717, 1.165) is 43.7 Å². The molecule has 1 aliphatic rings. The van der Waals surface area contributed by atoms with Crippen LogP contribution in [0.25, 0.3) is 0 Å². The minimum absolute atomic E-state index is 0.226. The van der Waals surface area contributed by atoms with E-state index in [-0.39, 0.29) is 5.92 Å². The highest BCUT2D eigenvalue weighted by molar-refractivity contribution is 5.87. The third kappa shape index (κ3) is 1.72. The van der Waals surface area contributed by atoms with Gasteiger partial charge in [0.25, 0.3) is 0 Å². The standard InChI is InChI=1S/C12H18N2O2/c1-3-8(2)10-11(12(15)16)14-7-5-4-6-9(14)13-10/h8H,3-7H2,1-2H3,(H,15,16). The van der Waals surface area contributed by atoms with Crippen LogP contribution in [0.3, 0.4) is 0 Å². The van der Waals surface area contributed by atoms with Gasteiger partial charge in [-0.15, -0.1) is 0 Å². The Labute approximate surface area is 95.3 Å². The van der Waals surface area contributed by atoms with Gasteiger partial charge >= 0.3 is 5.97 Å². The summed E-state index contributed by atoms with van der Waals surface area (Å²) in [7, 11) is 0. The van der Waals surface area contributed by atoms with Crippen LogP contribution >= 0.6 is 0 Å². The van der Waals surface area contributed by atoms with Crippen LogP contribution in [-0.2, 0) is 13.0 Å². The maximum absolute atomic E-state index is 11.3. The normalized spacial score (nSPS) is 16.9. The summed E-state index contributed by atoms with van der Waals surface area (Å²) in [6.45, 7) is 4.91. The molecule has 0 saturated carbocycles. The lowest BCUT2D eigenvalue weighted by atomic mass is 10.0. The largest absolute Gasteiger partial charge is 0.477 e. The van der Waals surface area contributed by atoms with E-state index in [1.54, 1.807) is 0 Å². The van der Waals surface area contributed by atoms with Crippen LogP contribution in [0.4, 0.5) is 0 Å². The van der Waals surface area contributed by atoms with Crippen molar-refractivity contribution in [3.05, 3.63) is 17.2 Å². The number of rotatable bonds is 3. The number of hydrogen-bond acceptors (Lipinski definition) is 2. The molecule has 0 fully saturated rings. The van der Waals surface area contributed by atoms with Crippen LogP contribution < -0.4 is 0 Å². The summed E-state index contributed by atoms with van der Waals surface area (Å²) in [5.74, 6) is 0.346. The lowest BCUT2D eigenvalue weighted by Crippen LogP contribution is -2.16. The number of hydrogen-bond donors (Lipinski definition) is 1. The van der Waals surface area contributed by atoms with Crippen molar-refractivity contribution >= 4 is 5.97 Å². The van der Waals surface area contributed by atoms with Crippen LogP contribution in [0.15, 0.2) is 0 Å². The number of nitrogens with zero attached hydrogens (tertiary/aromatic N) is 2. The predicted octanol–water partition coefficient (Wildman–Crippen LogP) is 2.43. The van der Waals surface area contributed by atoms with Gasteiger partial charge in [0.05, 0.1) is 5.69 Å². The van der Waals surface area contributed by atoms with Gasteiger partial charge in [-0.05, 0) is 19.3 Å². The van der Waals surface area contributed by atoms with E-state index in [2.05, 4.69) is 11.9 Å². The van der Waals surface area contributed by atoms with Gasteiger partial charge < -0.3 is 9.67 Å². The Hall–Kier alpha value is -1.32. The van der Waals surface area contributed by atoms with Crippen LogP contribution in [-0.4, -0.2) is 20.6 Å². The molecule has 1 N–H and O–H groups in total. The molecule has 0 amide bonds. The highest BCUT2D eigenvalue weighted by atomic mass is 16.4. The van der Waals surface area contributed by atoms with Crippen LogP contribution in [0, 0.1) is 0 Å². The second-order valence-corrected chi connectivity index (χ2v) is 4.49. The maximum atomic E-state index is 11.3. The quantitative estimate of drug-likeness (QED) is 0.854. The molecule has 2 rings (SSSR count). The van der Waals surface area contributed by atoms with Crippen molar-refractivity contribution in [1.29, 1.82) is 0 Å². The van der Waals surface area contributed by atoms with Crippen molar-refractivity contribution in [2.45, 2.75) is 52.0 Å². The molecule has 88 valence electrons. The van der Waals surface area contributed by atoms with Gasteiger partial charge in [-0.3, -0.25) is 0 Å². The molecular weight excluding hydrogens is 204 g/mol. The summed E-state index contributed by atoms with van der Waals surface area (Å²) in [6, 6.07) is 0. The molecule has 4 nitrogen and oxygen atoms in total. The number of aromatic carboxylic acids is 1. The molecule has 1 atom stereocenters. The summed E-state index contributed by atoms with van der Waals surface area (Å²) in [5.41, 5.74) is 1.19. The molecule has 1 aromatic rings. The van der Waals surface area contributed by atoms with E-state index >= 15 is 0 Å². The highest BCUT2D eigenvalue weighted by Crippen LogP contribution is 2.26. The van der Waals surface area contributed by atoms with E-state index < -0.39 is 5.97 Å². The topological polar surface area (TPSA) is 55.1 Å². The number of aromatic nitrogens is 2. The van der Waals surface area contributed by atoms with Crippen molar-refractivity contribution in [2.24, 2.45) is 0 Å². The lowest BCUT2D eigenvalue weighted by molar-refractivity contribution is 0.0682. The van der Waals surface area contributed by atoms with Crippen molar-refractivity contribution in [3.63, 3.8) is 0 Å². The molecular formula is C12H18N2O2. The average molecular weight is 222 g/mol. The Morgan fingerprint density at radius 2 is 2.31 bits per heavy atom. The zero-order chi connectivity index (χ0) is 11.7. The second-order valence-electron chi connectivity index (χ2n) is 4.49. The zero-order valence-electron chi connectivity index (χ0n) is 9.86. The monoisotopic (exact) mass is 222 g/mol. The van der Waals surface area contributed by atoms with Crippen LogP contribution in [0.1, 0.15) is 61.0 Å². The molecule has 0 spiro atoms. The van der Waals surface area contributed by atoms with Gasteiger partial charge in [-0.1, -0.05) is 13.8 Å². The molecule has 0 aromatic carbocycles. The SMILES string of the molecule is CCC(C)c1nc2n(c1C(=O)O)CCCC2. The molecule has 1 unspecified atom stereocenters. The number of aryl methyl sites for hydroxylation is 1. The summed E-state index contributed by atoms with van der Waals surface area (Å²) in [5, 5.41) is 9.29. The van der Waals surface area contributed by atoms with Gasteiger partial charge in [-0.2, -0.15) is 0 Å². The number of imidazole rings is 1. The first-order chi connectivity index (χ1) is 7.65. The molecule has 1 aliphatic heterocycles. The molecule has 2 heterocycles. The molecule has 0 aliphatic carbocycles. The minimum atomic E-state index is -0.837. The Kier molecular flexibility index (Phi) is 2.99. The van der Waals surface area contributed by atoms with E-state index in [0.29, 0.717) is 5.69 Å². The smallest absolute Gasteiger partial charge is 0.354 e. The summed E-state index contributed by atoms with van der Waals surface area (Å²) in [4.78, 5) is 15.8. The first-order valence-electron chi connectivity index (χ1n) is 5.97. The fourth-order valence-corrected chi connectivity index (χ4v) is 2.27. The molecule has 4 heteroatoms. The second kappa shape index (κ2) is 4.28. The highest BCUT2D eigenvalue weighted by Gasteiger charge is 2.26. The average Bonchev–Trinajstić information content (AvgIpc) is 2.67. The van der Waals surface area contributed by atoms with E-state index in [1.165, 1.54) is 0 Å². The summed E-state index contributed by atoms with van der Waals surface area (Å²) in [6.07, 6.45) is 4.02. The first-order valence-corrected chi connectivity index (χ1v) is 5.97. The van der Waals surface area contributed by atoms with Crippen molar-refractivity contribution < 1.29 is 9.90 Å². The zero-order valence-corrected chi connectivity index (χ0v) is 9.86. The third-order valence-electron chi connectivity index (χ3n) is 3.39. The Morgan fingerprint density at radius 3 is 2.94 bits per heavy atom. The number of fused-ring (bicyclic) bond motifs is 1. The minimum Gasteiger partial charge on any atom is -0.477 e. The van der Waals surface area contributed by atoms with Crippen molar-refractivity contribution in [3.8, 4) is 0 Å². The maximum Gasteiger partial charge on any atom is 0.354 e. The summed E-state index contributed by atoms with van der Waals surface area (Å²) < 4.78 is 1.90. The lowest BCUT2D eigenvalue weighted by Gasteiger charge is -2.14. The first kappa shape index (κ1) is 11.2. The molecule has 0 radical (unpaired) electrons. The molecule has 0 saturated heterocycles. The predicted molar refractivity (Wildman–Crippen MR) is 60.8 cm³/mol. The molecule has 0 bridgehead atoms. The Morgan fingerprint density at radius 1 is 1.56 bits per heavy atom. The summed E-state index contributed by atoms with van der Waals surface area (Å²) >= 11 is 0. The fraction of sp³-hybridized carbons (Fsp3) is 0.667. The number of carboxylic acids is 1. The van der Waals surface area contributed by atoms with E-state index in [9.17, 15) is 9.90 Å². The Bertz CT molecular complexity index is 409. The third-order valence-corrected chi connectivity index (χ3v) is 3.39. The van der Waals surface area contributed by atoms with E-state index in [4.69, 9.17) is 0 Å². The fourth-order valence-electron chi connectivity index (χ4n) is 2.27. The van der Waals surface area contributed by atoms with Gasteiger partial charge in [0, 0.05) is 18.9 Å². The van der Waals surface area contributed by atoms with E-state index in [1.807, 2.05) is 11.5 Å². The van der Waals surface area contributed by atoms with Crippen LogP contribution in [0.5, 0.6) is 0 Å².